The molecule has 0 saturated carbocycles. The summed E-state index contributed by atoms with van der Waals surface area (Å²) in [6, 6.07) is 8.02. The molecule has 2 rings (SSSR count). The summed E-state index contributed by atoms with van der Waals surface area (Å²) in [4.78, 5) is 0. The Hall–Kier alpha value is -1.56. The first-order chi connectivity index (χ1) is 8.20. The molecule has 1 aromatic carbocycles. The zero-order valence-electron chi connectivity index (χ0n) is 9.99. The lowest BCUT2D eigenvalue weighted by atomic mass is 10.1. The summed E-state index contributed by atoms with van der Waals surface area (Å²) < 4.78 is 6.88. The molecular weight excluding hydrogens is 236 g/mol. The van der Waals surface area contributed by atoms with E-state index in [-0.39, 0.29) is 5.25 Å². The number of aryl methyl sites for hydroxylation is 1. The molecule has 1 aromatic heterocycles. The first kappa shape index (κ1) is 11.9. The Morgan fingerprint density at radius 3 is 2.88 bits per heavy atom. The number of ether oxygens (including phenoxy) is 1. The van der Waals surface area contributed by atoms with E-state index in [4.69, 9.17) is 4.74 Å². The van der Waals surface area contributed by atoms with Gasteiger partial charge in [0, 0.05) is 12.3 Å². The minimum absolute atomic E-state index is 0.273. The van der Waals surface area contributed by atoms with Crippen LogP contribution in [0.3, 0.4) is 0 Å². The summed E-state index contributed by atoms with van der Waals surface area (Å²) in [5, 5.41) is 12.5. The van der Waals surface area contributed by atoms with Crippen molar-refractivity contribution in [3.63, 3.8) is 0 Å². The molecule has 1 atom stereocenters. The van der Waals surface area contributed by atoms with Crippen LogP contribution in [0.4, 0.5) is 0 Å². The predicted molar refractivity (Wildman–Crippen MR) is 66.1 cm³/mol. The molecule has 90 valence electrons. The summed E-state index contributed by atoms with van der Waals surface area (Å²) in [5.41, 5.74) is 1.19. The maximum Gasteiger partial charge on any atom is 0.209 e. The van der Waals surface area contributed by atoms with Crippen molar-refractivity contribution < 1.29 is 4.74 Å². The minimum Gasteiger partial charge on any atom is -0.497 e. The summed E-state index contributed by atoms with van der Waals surface area (Å²) >= 11 is 1.62. The number of methoxy groups -OCH3 is 1. The third kappa shape index (κ3) is 2.76. The Kier molecular flexibility index (Phi) is 3.63. The summed E-state index contributed by atoms with van der Waals surface area (Å²) in [7, 11) is 3.50. The number of hydrogen-bond donors (Lipinski definition) is 0. The number of nitrogens with zero attached hydrogens (tertiary/aromatic N) is 4. The molecule has 0 bridgehead atoms. The third-order valence-electron chi connectivity index (χ3n) is 2.43. The van der Waals surface area contributed by atoms with Gasteiger partial charge in [0.25, 0.3) is 0 Å². The van der Waals surface area contributed by atoms with Gasteiger partial charge in [-0.1, -0.05) is 23.9 Å². The molecule has 0 aliphatic carbocycles. The van der Waals surface area contributed by atoms with Crippen LogP contribution >= 0.6 is 11.8 Å². The fraction of sp³-hybridized carbons (Fsp3) is 0.364. The molecule has 0 aliphatic rings. The van der Waals surface area contributed by atoms with Crippen LogP contribution in [-0.2, 0) is 7.05 Å². The van der Waals surface area contributed by atoms with Crippen molar-refractivity contribution in [1.82, 2.24) is 20.2 Å². The number of hydrogen-bond acceptors (Lipinski definition) is 5. The Morgan fingerprint density at radius 1 is 1.41 bits per heavy atom. The molecule has 0 spiro atoms. The zero-order chi connectivity index (χ0) is 12.3. The van der Waals surface area contributed by atoms with E-state index < -0.39 is 0 Å². The molecule has 0 aliphatic heterocycles. The number of aromatic nitrogens is 4. The monoisotopic (exact) mass is 250 g/mol. The Balaban J connectivity index is 2.14. The zero-order valence-corrected chi connectivity index (χ0v) is 10.8. The van der Waals surface area contributed by atoms with Gasteiger partial charge in [-0.3, -0.25) is 0 Å². The largest absolute Gasteiger partial charge is 0.497 e. The normalized spacial score (nSPS) is 12.4. The summed E-state index contributed by atoms with van der Waals surface area (Å²) in [6.45, 7) is 2.12. The predicted octanol–water partition coefficient (Wildman–Crippen LogP) is 2.07. The number of tetrazole rings is 1. The van der Waals surface area contributed by atoms with Gasteiger partial charge >= 0.3 is 0 Å². The molecule has 0 fully saturated rings. The van der Waals surface area contributed by atoms with Gasteiger partial charge in [0.1, 0.15) is 5.75 Å². The van der Waals surface area contributed by atoms with Gasteiger partial charge < -0.3 is 4.74 Å². The molecule has 17 heavy (non-hydrogen) atoms. The fourth-order valence-electron chi connectivity index (χ4n) is 1.44. The molecule has 2 aromatic rings. The lowest BCUT2D eigenvalue weighted by Gasteiger charge is -2.11. The van der Waals surface area contributed by atoms with Crippen LogP contribution in [0.25, 0.3) is 0 Å². The van der Waals surface area contributed by atoms with Crippen LogP contribution in [0.5, 0.6) is 5.75 Å². The smallest absolute Gasteiger partial charge is 0.209 e. The highest BCUT2D eigenvalue weighted by atomic mass is 32.2. The molecule has 1 heterocycles. The third-order valence-corrected chi connectivity index (χ3v) is 3.61. The maximum atomic E-state index is 5.21. The molecule has 0 amide bonds. The highest BCUT2D eigenvalue weighted by molar-refractivity contribution is 7.99. The van der Waals surface area contributed by atoms with Crippen LogP contribution in [-0.4, -0.2) is 27.3 Å². The van der Waals surface area contributed by atoms with Crippen molar-refractivity contribution in [1.29, 1.82) is 0 Å². The van der Waals surface area contributed by atoms with Crippen LogP contribution in [0.2, 0.25) is 0 Å². The van der Waals surface area contributed by atoms with Crippen molar-refractivity contribution in [2.45, 2.75) is 17.3 Å². The highest BCUT2D eigenvalue weighted by Gasteiger charge is 2.12. The molecule has 0 N–H and O–H groups in total. The van der Waals surface area contributed by atoms with Gasteiger partial charge in [-0.25, -0.2) is 4.68 Å². The van der Waals surface area contributed by atoms with E-state index in [0.29, 0.717) is 0 Å². The Labute approximate surface area is 104 Å². The second-order valence-electron chi connectivity index (χ2n) is 3.62. The average molecular weight is 250 g/mol. The second kappa shape index (κ2) is 5.18. The molecular formula is C11H14N4OS. The van der Waals surface area contributed by atoms with E-state index in [1.165, 1.54) is 5.56 Å². The summed E-state index contributed by atoms with van der Waals surface area (Å²) in [6.07, 6.45) is 0. The minimum atomic E-state index is 0.273. The van der Waals surface area contributed by atoms with E-state index >= 15 is 0 Å². The molecule has 0 radical (unpaired) electrons. The topological polar surface area (TPSA) is 52.8 Å². The van der Waals surface area contributed by atoms with Crippen molar-refractivity contribution >= 4 is 11.8 Å². The van der Waals surface area contributed by atoms with Gasteiger partial charge in [-0.2, -0.15) is 0 Å². The number of thioether (sulfide) groups is 1. The molecule has 5 nitrogen and oxygen atoms in total. The summed E-state index contributed by atoms with van der Waals surface area (Å²) in [5.74, 6) is 0.867. The Morgan fingerprint density at radius 2 is 2.24 bits per heavy atom. The maximum absolute atomic E-state index is 5.21. The van der Waals surface area contributed by atoms with Crippen LogP contribution in [0.15, 0.2) is 29.4 Å². The molecule has 0 saturated heterocycles. The quantitative estimate of drug-likeness (QED) is 0.777. The van der Waals surface area contributed by atoms with E-state index in [1.807, 2.05) is 25.2 Å². The molecule has 1 unspecified atom stereocenters. The van der Waals surface area contributed by atoms with E-state index in [1.54, 1.807) is 23.6 Å². The lowest BCUT2D eigenvalue weighted by molar-refractivity contribution is 0.414. The second-order valence-corrected chi connectivity index (χ2v) is 4.93. The highest BCUT2D eigenvalue weighted by Crippen LogP contribution is 2.34. The average Bonchev–Trinajstić information content (AvgIpc) is 2.75. The van der Waals surface area contributed by atoms with Gasteiger partial charge in [0.2, 0.25) is 5.16 Å². The Bertz CT molecular complexity index is 500. The van der Waals surface area contributed by atoms with E-state index in [0.717, 1.165) is 10.9 Å². The first-order valence-corrected chi connectivity index (χ1v) is 6.11. The van der Waals surface area contributed by atoms with Crippen LogP contribution in [0.1, 0.15) is 17.7 Å². The number of rotatable bonds is 4. The number of benzene rings is 1. The van der Waals surface area contributed by atoms with Gasteiger partial charge in [-0.15, -0.1) is 5.10 Å². The van der Waals surface area contributed by atoms with Gasteiger partial charge in [0.05, 0.1) is 7.11 Å². The van der Waals surface area contributed by atoms with Crippen molar-refractivity contribution in [3.05, 3.63) is 29.8 Å². The van der Waals surface area contributed by atoms with Crippen LogP contribution in [0, 0.1) is 0 Å². The van der Waals surface area contributed by atoms with E-state index in [9.17, 15) is 0 Å². The van der Waals surface area contributed by atoms with Crippen molar-refractivity contribution in [2.75, 3.05) is 7.11 Å². The van der Waals surface area contributed by atoms with Gasteiger partial charge in [-0.05, 0) is 35.0 Å². The lowest BCUT2D eigenvalue weighted by Crippen LogP contribution is -1.96. The first-order valence-electron chi connectivity index (χ1n) is 5.23. The van der Waals surface area contributed by atoms with Crippen molar-refractivity contribution in [2.24, 2.45) is 7.05 Å². The SMILES string of the molecule is COc1cccc(C(C)Sc2nnnn2C)c1. The standard InChI is InChI=1S/C11H14N4OS/c1-8(17-11-12-13-14-15(11)2)9-5-4-6-10(7-9)16-3/h4-8H,1-3H3. The van der Waals surface area contributed by atoms with Crippen molar-refractivity contribution in [3.8, 4) is 5.75 Å². The fourth-order valence-corrected chi connectivity index (χ4v) is 2.31. The van der Waals surface area contributed by atoms with Crippen LogP contribution < -0.4 is 4.74 Å². The van der Waals surface area contributed by atoms with E-state index in [2.05, 4.69) is 28.5 Å². The van der Waals surface area contributed by atoms with Gasteiger partial charge in [0.15, 0.2) is 0 Å². The molecule has 6 heteroatoms.